The van der Waals surface area contributed by atoms with Gasteiger partial charge in [0.15, 0.2) is 5.82 Å². The number of alkyl halides is 2. The summed E-state index contributed by atoms with van der Waals surface area (Å²) in [4.78, 5) is 15.7. The molecule has 0 radical (unpaired) electrons. The van der Waals surface area contributed by atoms with Crippen LogP contribution < -0.4 is 16.0 Å². The third-order valence-electron chi connectivity index (χ3n) is 6.21. The van der Waals surface area contributed by atoms with Crippen LogP contribution in [0.3, 0.4) is 0 Å². The highest BCUT2D eigenvalue weighted by Gasteiger charge is 2.69. The molecule has 15 heteroatoms. The quantitative estimate of drug-likeness (QED) is 0.238. The Kier molecular flexibility index (Phi) is 7.53. The van der Waals surface area contributed by atoms with Crippen LogP contribution in [0.4, 0.5) is 16.2 Å². The van der Waals surface area contributed by atoms with Crippen LogP contribution in [0.5, 0.6) is 5.75 Å². The fourth-order valence-electron chi connectivity index (χ4n) is 4.04. The van der Waals surface area contributed by atoms with Crippen molar-refractivity contribution in [1.29, 1.82) is 5.26 Å². The Morgan fingerprint density at radius 2 is 2.05 bits per heavy atom. The number of nitrogen functional groups attached to an aromatic ring is 2. The number of aromatic nitrogens is 3. The van der Waals surface area contributed by atoms with Gasteiger partial charge in [-0.15, -0.1) is 5.10 Å². The molecule has 4 rings (SSSR count). The molecule has 202 valence electrons. The summed E-state index contributed by atoms with van der Waals surface area (Å²) < 4.78 is 45.1. The van der Waals surface area contributed by atoms with E-state index in [0.717, 1.165) is 4.52 Å². The lowest BCUT2D eigenvalue weighted by Crippen LogP contribution is -2.46. The summed E-state index contributed by atoms with van der Waals surface area (Å²) in [6.45, 7) is 2.27. The standard InChI is InChI=1S/C23H25BrFN6O6P/c1-13(14(2)32)11-38(34,37-15-6-4-3-5-7-15)35-10-17-19(33)23(24,25)22(12-26,36-17)18-9-8-16-20(27)29-21(28)30-31(16)18/h3-9,13,17,19,33H,10-11H2,1-2H3,(H4,27,28,29,30)/t13-,17-,19+,22+,23?,38?/m1/s1. The Balaban J connectivity index is 1.66. The van der Waals surface area contributed by atoms with Crippen molar-refractivity contribution >= 4 is 46.6 Å². The Morgan fingerprint density at radius 1 is 1.37 bits per heavy atom. The first-order valence-electron chi connectivity index (χ1n) is 11.4. The number of carbonyl (C=O) groups excluding carboxylic acids is 1. The van der Waals surface area contributed by atoms with Crippen LogP contribution in [-0.2, 0) is 24.2 Å². The molecule has 0 aliphatic carbocycles. The maximum absolute atomic E-state index is 16.1. The number of rotatable bonds is 9. The van der Waals surface area contributed by atoms with E-state index in [0.29, 0.717) is 0 Å². The number of anilines is 2. The Hall–Kier alpha value is -3.08. The first kappa shape index (κ1) is 27.9. The number of carbonyl (C=O) groups is 1. The Labute approximate surface area is 225 Å². The molecule has 3 aromatic rings. The van der Waals surface area contributed by atoms with E-state index < -0.39 is 42.5 Å². The molecule has 5 N–H and O–H groups in total. The van der Waals surface area contributed by atoms with E-state index >= 15 is 4.39 Å². The Morgan fingerprint density at radius 3 is 2.68 bits per heavy atom. The van der Waals surface area contributed by atoms with Crippen molar-refractivity contribution in [1.82, 2.24) is 14.6 Å². The number of hydrogen-bond donors (Lipinski definition) is 3. The van der Waals surface area contributed by atoms with Crippen molar-refractivity contribution in [2.45, 2.75) is 36.2 Å². The highest BCUT2D eigenvalue weighted by molar-refractivity contribution is 9.10. The molecule has 2 aromatic heterocycles. The Bertz CT molecular complexity index is 1450. The summed E-state index contributed by atoms with van der Waals surface area (Å²) in [7, 11) is -4.03. The van der Waals surface area contributed by atoms with E-state index in [1.54, 1.807) is 43.3 Å². The second-order valence-electron chi connectivity index (χ2n) is 8.89. The molecule has 0 saturated carbocycles. The average molecular weight is 611 g/mol. The van der Waals surface area contributed by atoms with Gasteiger partial charge in [-0.05, 0) is 47.1 Å². The molecule has 1 saturated heterocycles. The van der Waals surface area contributed by atoms with E-state index in [9.17, 15) is 19.7 Å². The minimum Gasteiger partial charge on any atom is -0.424 e. The number of benzene rings is 1. The van der Waals surface area contributed by atoms with Crippen LogP contribution in [0, 0.1) is 17.2 Å². The van der Waals surface area contributed by atoms with Gasteiger partial charge in [0.1, 0.15) is 35.3 Å². The van der Waals surface area contributed by atoms with Gasteiger partial charge in [-0.3, -0.25) is 9.32 Å². The number of nitrogens with two attached hydrogens (primary N) is 2. The first-order chi connectivity index (χ1) is 17.8. The maximum atomic E-state index is 16.1. The number of aliphatic hydroxyl groups is 1. The van der Waals surface area contributed by atoms with Crippen LogP contribution >= 0.6 is 23.5 Å². The van der Waals surface area contributed by atoms with Gasteiger partial charge in [-0.1, -0.05) is 25.1 Å². The summed E-state index contributed by atoms with van der Waals surface area (Å²) in [5, 5.41) is 25.0. The zero-order chi connectivity index (χ0) is 27.9. The van der Waals surface area contributed by atoms with Crippen LogP contribution in [0.2, 0.25) is 0 Å². The molecule has 1 aromatic carbocycles. The third kappa shape index (κ3) is 4.88. The molecule has 38 heavy (non-hydrogen) atoms. The van der Waals surface area contributed by atoms with Crippen molar-refractivity contribution in [3.05, 3.63) is 48.2 Å². The molecule has 0 amide bonds. The summed E-state index contributed by atoms with van der Waals surface area (Å²) in [6, 6.07) is 12.7. The van der Waals surface area contributed by atoms with Gasteiger partial charge >= 0.3 is 7.60 Å². The fourth-order valence-corrected chi connectivity index (χ4v) is 6.70. The van der Waals surface area contributed by atoms with E-state index in [1.165, 1.54) is 19.1 Å². The lowest BCUT2D eigenvalue weighted by Gasteiger charge is -2.29. The predicted octanol–water partition coefficient (Wildman–Crippen LogP) is 2.95. The maximum Gasteiger partial charge on any atom is 0.379 e. The van der Waals surface area contributed by atoms with E-state index in [4.69, 9.17) is 25.3 Å². The van der Waals surface area contributed by atoms with Crippen LogP contribution in [0.1, 0.15) is 19.5 Å². The van der Waals surface area contributed by atoms with Crippen molar-refractivity contribution in [3.63, 3.8) is 0 Å². The topological polar surface area (TPSA) is 188 Å². The molecule has 1 aliphatic heterocycles. The summed E-state index contributed by atoms with van der Waals surface area (Å²) in [5.41, 5.74) is 9.19. The van der Waals surface area contributed by atoms with E-state index in [1.807, 2.05) is 0 Å². The van der Waals surface area contributed by atoms with Crippen LogP contribution in [-0.4, -0.2) is 55.0 Å². The average Bonchev–Trinajstić information content (AvgIpc) is 3.36. The number of halogens is 2. The van der Waals surface area contributed by atoms with Crippen molar-refractivity contribution < 1.29 is 32.6 Å². The number of nitrogens with zero attached hydrogens (tertiary/aromatic N) is 4. The SMILES string of the molecule is CC(=O)[C@H](C)CP(=O)(OC[C@H]1O[C@@](C#N)(c2ccc3c(N)nc(N)nn23)C(F)(Br)[C@H]1O)Oc1ccccc1. The predicted molar refractivity (Wildman–Crippen MR) is 138 cm³/mol. The van der Waals surface area contributed by atoms with Crippen molar-refractivity contribution in [2.24, 2.45) is 5.92 Å². The zero-order valence-electron chi connectivity index (χ0n) is 20.3. The van der Waals surface area contributed by atoms with Gasteiger partial charge in [-0.2, -0.15) is 10.2 Å². The molecule has 1 aliphatic rings. The first-order valence-corrected chi connectivity index (χ1v) is 13.9. The monoisotopic (exact) mass is 610 g/mol. The number of hydrogen-bond acceptors (Lipinski definition) is 11. The zero-order valence-corrected chi connectivity index (χ0v) is 22.8. The molecule has 3 heterocycles. The summed E-state index contributed by atoms with van der Waals surface area (Å²) in [5.74, 6) is -0.962. The van der Waals surface area contributed by atoms with Gasteiger partial charge in [0.25, 0.3) is 0 Å². The summed E-state index contributed by atoms with van der Waals surface area (Å²) in [6.07, 6.45) is -3.75. The van der Waals surface area contributed by atoms with Gasteiger partial charge in [-0.25, -0.2) is 13.5 Å². The molecule has 0 bridgehead atoms. The van der Waals surface area contributed by atoms with Gasteiger partial charge < -0.3 is 25.8 Å². The number of ketones is 1. The molecule has 12 nitrogen and oxygen atoms in total. The normalized spacial score (nSPS) is 27.5. The molecule has 0 spiro atoms. The molecular formula is C23H25BrFN6O6P. The number of aliphatic hydroxyl groups excluding tert-OH is 1. The number of fused-ring (bicyclic) bond motifs is 1. The second-order valence-corrected chi connectivity index (χ2v) is 12.1. The lowest BCUT2D eigenvalue weighted by atomic mass is 9.93. The molecule has 1 fully saturated rings. The molecule has 6 atom stereocenters. The van der Waals surface area contributed by atoms with Crippen LogP contribution in [0.25, 0.3) is 5.52 Å². The molecular weight excluding hydrogens is 586 g/mol. The molecule has 2 unspecified atom stereocenters. The third-order valence-corrected chi connectivity index (χ3v) is 9.26. The minimum atomic E-state index is -4.03. The lowest BCUT2D eigenvalue weighted by molar-refractivity contribution is -0.119. The van der Waals surface area contributed by atoms with Crippen molar-refractivity contribution in [2.75, 3.05) is 24.2 Å². The fraction of sp³-hybridized carbons (Fsp3) is 0.391. The van der Waals surface area contributed by atoms with Crippen molar-refractivity contribution in [3.8, 4) is 11.8 Å². The second kappa shape index (κ2) is 10.2. The number of para-hydroxylation sites is 1. The number of nitriles is 1. The van der Waals surface area contributed by atoms with Gasteiger partial charge in [0, 0.05) is 5.92 Å². The largest absolute Gasteiger partial charge is 0.424 e. The number of ether oxygens (including phenoxy) is 1. The minimum absolute atomic E-state index is 0.0205. The van der Waals surface area contributed by atoms with Gasteiger partial charge in [0.2, 0.25) is 16.1 Å². The van der Waals surface area contributed by atoms with E-state index in [2.05, 4.69) is 26.0 Å². The smallest absolute Gasteiger partial charge is 0.379 e. The van der Waals surface area contributed by atoms with E-state index in [-0.39, 0.29) is 40.7 Å². The number of Topliss-reactive ketones (excluding diaryl/α,β-unsaturated/α-hetero) is 1. The summed E-state index contributed by atoms with van der Waals surface area (Å²) >= 11 is 2.83. The van der Waals surface area contributed by atoms with Crippen LogP contribution in [0.15, 0.2) is 42.5 Å². The highest BCUT2D eigenvalue weighted by Crippen LogP contribution is 2.55. The highest BCUT2D eigenvalue weighted by atomic mass is 79.9. The van der Waals surface area contributed by atoms with Gasteiger partial charge in [0.05, 0.1) is 18.5 Å².